The molecular weight excluding hydrogens is 409 g/mol. The smallest absolute Gasteiger partial charge is 0.341 e. The Hall–Kier alpha value is -2.09. The highest BCUT2D eigenvalue weighted by molar-refractivity contribution is 14.1. The van der Waals surface area contributed by atoms with Crippen LogP contribution in [0.3, 0.4) is 0 Å². The van der Waals surface area contributed by atoms with Crippen molar-refractivity contribution >= 4 is 34.1 Å². The van der Waals surface area contributed by atoms with Crippen LogP contribution in [0.25, 0.3) is 5.57 Å². The molecule has 0 saturated carbocycles. The number of methoxy groups -OCH3 is 2. The van der Waals surface area contributed by atoms with E-state index in [2.05, 4.69) is 27.6 Å². The summed E-state index contributed by atoms with van der Waals surface area (Å²) in [4.78, 5) is 16.0. The molecule has 0 bridgehead atoms. The average molecular weight is 425 g/mol. The van der Waals surface area contributed by atoms with Crippen LogP contribution in [0, 0.1) is 3.57 Å². The molecule has 1 heterocycles. The molecule has 0 saturated heterocycles. The van der Waals surface area contributed by atoms with Gasteiger partial charge in [0.2, 0.25) is 5.88 Å². The van der Waals surface area contributed by atoms with E-state index in [0.717, 1.165) is 9.13 Å². The molecule has 0 fully saturated rings. The minimum Gasteiger partial charge on any atom is -0.503 e. The summed E-state index contributed by atoms with van der Waals surface area (Å²) in [5.41, 5.74) is 1.97. The summed E-state index contributed by atoms with van der Waals surface area (Å²) in [5.74, 6) is 0.128. The quantitative estimate of drug-likeness (QED) is 0.307. The molecule has 0 atom stereocenters. The Bertz CT molecular complexity index is 715. The zero-order chi connectivity index (χ0) is 16.7. The van der Waals surface area contributed by atoms with Crippen LogP contribution in [0.1, 0.15) is 11.1 Å². The highest BCUT2D eigenvalue weighted by Gasteiger charge is 2.13. The Kier molecular flexibility index (Phi) is 6.40. The second-order valence-electron chi connectivity index (χ2n) is 4.54. The van der Waals surface area contributed by atoms with E-state index in [4.69, 9.17) is 14.2 Å². The van der Waals surface area contributed by atoms with Gasteiger partial charge in [-0.15, -0.1) is 0 Å². The highest BCUT2D eigenvalue weighted by atomic mass is 127. The van der Waals surface area contributed by atoms with E-state index in [1.807, 2.05) is 36.4 Å². The van der Waals surface area contributed by atoms with Gasteiger partial charge in [0.1, 0.15) is 12.2 Å². The monoisotopic (exact) mass is 425 g/mol. The van der Waals surface area contributed by atoms with Crippen molar-refractivity contribution in [3.63, 3.8) is 0 Å². The van der Waals surface area contributed by atoms with Gasteiger partial charge in [-0.2, -0.15) is 0 Å². The van der Waals surface area contributed by atoms with Crippen molar-refractivity contribution < 1.29 is 19.0 Å². The normalized spacial score (nSPS) is 11.0. The minimum atomic E-state index is -0.454. The average Bonchev–Trinajstić information content (AvgIpc) is 2.58. The lowest BCUT2D eigenvalue weighted by atomic mass is 10.0. The van der Waals surface area contributed by atoms with E-state index < -0.39 is 5.97 Å². The number of halogens is 1. The number of benzene rings is 1. The minimum absolute atomic E-state index is 0.349. The van der Waals surface area contributed by atoms with Crippen LogP contribution >= 0.6 is 22.6 Å². The van der Waals surface area contributed by atoms with Gasteiger partial charge >= 0.3 is 5.97 Å². The lowest BCUT2D eigenvalue weighted by Gasteiger charge is -2.09. The zero-order valence-electron chi connectivity index (χ0n) is 12.8. The van der Waals surface area contributed by atoms with Gasteiger partial charge in [-0.25, -0.2) is 9.78 Å². The molecule has 0 aliphatic rings. The fourth-order valence-electron chi connectivity index (χ4n) is 1.92. The van der Waals surface area contributed by atoms with Gasteiger partial charge in [0.15, 0.2) is 0 Å². The fourth-order valence-corrected chi connectivity index (χ4v) is 2.42. The number of esters is 1. The molecule has 1 aromatic carbocycles. The lowest BCUT2D eigenvalue weighted by Crippen LogP contribution is -2.05. The highest BCUT2D eigenvalue weighted by Crippen LogP contribution is 2.20. The first-order valence-corrected chi connectivity index (χ1v) is 7.87. The molecule has 6 heteroatoms. The summed E-state index contributed by atoms with van der Waals surface area (Å²) < 4.78 is 16.4. The summed E-state index contributed by atoms with van der Waals surface area (Å²) in [6.45, 7) is 0.349. The summed E-state index contributed by atoms with van der Waals surface area (Å²) in [7, 11) is 2.82. The number of pyridine rings is 1. The lowest BCUT2D eigenvalue weighted by molar-refractivity contribution is -0.133. The van der Waals surface area contributed by atoms with Crippen LogP contribution in [0.5, 0.6) is 5.88 Å². The molecule has 0 aliphatic heterocycles. The van der Waals surface area contributed by atoms with Gasteiger partial charge in [0.25, 0.3) is 0 Å². The maximum absolute atomic E-state index is 11.8. The Morgan fingerprint density at radius 2 is 2.09 bits per heavy atom. The molecule has 0 aliphatic carbocycles. The molecule has 5 nitrogen and oxygen atoms in total. The molecule has 0 spiro atoms. The molecule has 0 unspecified atom stereocenters. The first-order valence-electron chi connectivity index (χ1n) is 6.79. The third kappa shape index (κ3) is 4.69. The van der Waals surface area contributed by atoms with Crippen molar-refractivity contribution in [3.8, 4) is 5.88 Å². The third-order valence-electron chi connectivity index (χ3n) is 2.98. The van der Waals surface area contributed by atoms with Crippen LogP contribution < -0.4 is 4.74 Å². The number of rotatable bonds is 6. The van der Waals surface area contributed by atoms with Gasteiger partial charge in [-0.3, -0.25) is 0 Å². The maximum atomic E-state index is 11.8. The maximum Gasteiger partial charge on any atom is 0.341 e. The number of nitrogens with zero attached hydrogens (tertiary/aromatic N) is 1. The van der Waals surface area contributed by atoms with Crippen molar-refractivity contribution in [2.75, 3.05) is 14.2 Å². The number of hydrogen-bond acceptors (Lipinski definition) is 5. The van der Waals surface area contributed by atoms with E-state index >= 15 is 0 Å². The van der Waals surface area contributed by atoms with Gasteiger partial charge in [-0.05, 0) is 51.9 Å². The summed E-state index contributed by atoms with van der Waals surface area (Å²) in [5, 5.41) is 0. The van der Waals surface area contributed by atoms with E-state index in [-0.39, 0.29) is 0 Å². The Morgan fingerprint density at radius 3 is 2.78 bits per heavy atom. The number of hydrogen-bond donors (Lipinski definition) is 0. The molecular formula is C17H16INO4. The van der Waals surface area contributed by atoms with Crippen molar-refractivity contribution in [3.05, 3.63) is 63.6 Å². The summed E-state index contributed by atoms with van der Waals surface area (Å²) in [6, 6.07) is 11.2. The SMILES string of the molecule is CO/C=C(/C(=O)OC)c1cccc(COc2ncccc2I)c1. The summed E-state index contributed by atoms with van der Waals surface area (Å²) >= 11 is 2.17. The standard InChI is InChI=1S/C17H16INO4/c1-21-11-14(17(20)22-2)13-6-3-5-12(9-13)10-23-16-15(18)7-4-8-19-16/h3-9,11H,10H2,1-2H3/b14-11+. The van der Waals surface area contributed by atoms with Crippen LogP contribution in [0.2, 0.25) is 0 Å². The predicted octanol–water partition coefficient (Wildman–Crippen LogP) is 3.43. The molecule has 120 valence electrons. The largest absolute Gasteiger partial charge is 0.503 e. The molecule has 2 rings (SSSR count). The molecule has 0 N–H and O–H groups in total. The van der Waals surface area contributed by atoms with Crippen LogP contribution in [-0.2, 0) is 20.9 Å². The van der Waals surface area contributed by atoms with Gasteiger partial charge < -0.3 is 14.2 Å². The van der Waals surface area contributed by atoms with Gasteiger partial charge in [0.05, 0.1) is 24.1 Å². The van der Waals surface area contributed by atoms with Crippen LogP contribution in [0.4, 0.5) is 0 Å². The van der Waals surface area contributed by atoms with E-state index in [0.29, 0.717) is 23.6 Å². The second kappa shape index (κ2) is 8.52. The predicted molar refractivity (Wildman–Crippen MR) is 94.7 cm³/mol. The van der Waals surface area contributed by atoms with Crippen molar-refractivity contribution in [1.82, 2.24) is 4.98 Å². The van der Waals surface area contributed by atoms with Crippen molar-refractivity contribution in [2.45, 2.75) is 6.61 Å². The zero-order valence-corrected chi connectivity index (χ0v) is 14.9. The number of carbonyl (C=O) groups excluding carboxylic acids is 1. The Labute approximate surface area is 148 Å². The Balaban J connectivity index is 2.18. The van der Waals surface area contributed by atoms with Crippen LogP contribution in [-0.4, -0.2) is 25.2 Å². The van der Waals surface area contributed by atoms with E-state index in [1.54, 1.807) is 6.20 Å². The molecule has 1 aromatic heterocycles. The first kappa shape index (κ1) is 17.3. The fraction of sp³-hybridized carbons (Fsp3) is 0.176. The molecule has 0 amide bonds. The molecule has 0 radical (unpaired) electrons. The van der Waals surface area contributed by atoms with Crippen molar-refractivity contribution in [1.29, 1.82) is 0 Å². The number of ether oxygens (including phenoxy) is 3. The molecule has 23 heavy (non-hydrogen) atoms. The first-order chi connectivity index (χ1) is 11.2. The van der Waals surface area contributed by atoms with Gasteiger partial charge in [0, 0.05) is 6.20 Å². The topological polar surface area (TPSA) is 57.7 Å². The Morgan fingerprint density at radius 1 is 1.26 bits per heavy atom. The summed E-state index contributed by atoms with van der Waals surface area (Å²) in [6.07, 6.45) is 3.05. The van der Waals surface area contributed by atoms with Gasteiger partial charge in [-0.1, -0.05) is 18.2 Å². The van der Waals surface area contributed by atoms with Crippen LogP contribution in [0.15, 0.2) is 48.9 Å². The van der Waals surface area contributed by atoms with Crippen molar-refractivity contribution in [2.24, 2.45) is 0 Å². The number of aromatic nitrogens is 1. The van der Waals surface area contributed by atoms with E-state index in [9.17, 15) is 4.79 Å². The number of carbonyl (C=O) groups is 1. The molecule has 2 aromatic rings. The third-order valence-corrected chi connectivity index (χ3v) is 3.80. The second-order valence-corrected chi connectivity index (χ2v) is 5.70. The van der Waals surface area contributed by atoms with E-state index in [1.165, 1.54) is 20.5 Å².